The average molecular weight is 446 g/mol. The number of anilines is 2. The lowest BCUT2D eigenvalue weighted by molar-refractivity contribution is 0.0605. The number of aryl methyl sites for hydroxylation is 1. The van der Waals surface area contributed by atoms with Gasteiger partial charge in [-0.2, -0.15) is 0 Å². The topological polar surface area (TPSA) is 106 Å². The first-order valence-electron chi connectivity index (χ1n) is 8.75. The Morgan fingerprint density at radius 1 is 1.10 bits per heavy atom. The summed E-state index contributed by atoms with van der Waals surface area (Å²) in [6, 6.07) is 14.3. The molecule has 0 saturated heterocycles. The van der Waals surface area contributed by atoms with Crippen molar-refractivity contribution in [1.82, 2.24) is 4.98 Å². The average Bonchev–Trinajstić information content (AvgIpc) is 3.13. The second-order valence-corrected chi connectivity index (χ2v) is 9.18. The third-order valence-corrected chi connectivity index (χ3v) is 7.10. The Morgan fingerprint density at radius 3 is 2.47 bits per heavy atom. The van der Waals surface area contributed by atoms with Crippen molar-refractivity contribution in [3.05, 3.63) is 70.7 Å². The number of para-hydroxylation sites is 1. The first-order chi connectivity index (χ1) is 14.2. The van der Waals surface area contributed by atoms with E-state index in [-0.39, 0.29) is 20.5 Å². The molecule has 0 aliphatic heterocycles. The minimum absolute atomic E-state index is 0.0212. The Bertz CT molecular complexity index is 1190. The zero-order valence-corrected chi connectivity index (χ0v) is 18.1. The maximum Gasteiger partial charge on any atom is 0.350 e. The van der Waals surface area contributed by atoms with Gasteiger partial charge in [-0.3, -0.25) is 14.4 Å². The fraction of sp³-hybridized carbons (Fsp3) is 0.150. The van der Waals surface area contributed by atoms with Crippen molar-refractivity contribution in [1.29, 1.82) is 0 Å². The van der Waals surface area contributed by atoms with Crippen LogP contribution in [0, 0.1) is 6.92 Å². The maximum absolute atomic E-state index is 13.0. The van der Waals surface area contributed by atoms with E-state index in [1.165, 1.54) is 38.4 Å². The number of nitrogens with one attached hydrogen (secondary N) is 1. The van der Waals surface area contributed by atoms with E-state index in [1.807, 2.05) is 0 Å². The van der Waals surface area contributed by atoms with Crippen molar-refractivity contribution in [2.45, 2.75) is 11.8 Å². The first kappa shape index (κ1) is 21.5. The summed E-state index contributed by atoms with van der Waals surface area (Å²) in [4.78, 5) is 28.7. The van der Waals surface area contributed by atoms with Gasteiger partial charge < -0.3 is 4.74 Å². The van der Waals surface area contributed by atoms with Gasteiger partial charge in [0.2, 0.25) is 0 Å². The zero-order chi connectivity index (χ0) is 21.9. The molecule has 1 heterocycles. The molecule has 0 radical (unpaired) electrons. The molecule has 0 atom stereocenters. The number of carbonyl (C=O) groups is 2. The van der Waals surface area contributed by atoms with Gasteiger partial charge in [0.15, 0.2) is 5.13 Å². The molecule has 1 aromatic heterocycles. The lowest BCUT2D eigenvalue weighted by Crippen LogP contribution is -2.26. The second-order valence-electron chi connectivity index (χ2n) is 6.22. The summed E-state index contributed by atoms with van der Waals surface area (Å²) in [6.45, 7) is 1.63. The van der Waals surface area contributed by atoms with Gasteiger partial charge in [-0.25, -0.2) is 18.2 Å². The molecule has 8 nitrogen and oxygen atoms in total. The van der Waals surface area contributed by atoms with Crippen molar-refractivity contribution < 1.29 is 22.7 Å². The van der Waals surface area contributed by atoms with Crippen molar-refractivity contribution in [3.63, 3.8) is 0 Å². The van der Waals surface area contributed by atoms with Gasteiger partial charge >= 0.3 is 5.97 Å². The highest BCUT2D eigenvalue weighted by Gasteiger charge is 2.23. The highest BCUT2D eigenvalue weighted by atomic mass is 32.2. The summed E-state index contributed by atoms with van der Waals surface area (Å²) >= 11 is 0.983. The van der Waals surface area contributed by atoms with Crippen LogP contribution in [0.1, 0.15) is 25.7 Å². The molecule has 0 saturated carbocycles. The van der Waals surface area contributed by atoms with E-state index < -0.39 is 21.9 Å². The Kier molecular flexibility index (Phi) is 6.18. The summed E-state index contributed by atoms with van der Waals surface area (Å²) in [5, 5.41) is 2.81. The SMILES string of the molecule is COC(=O)c1sc(NC(=O)c2cccc(S(=O)(=O)N(C)c3ccccc3)c2)nc1C. The second kappa shape index (κ2) is 8.64. The normalized spacial score (nSPS) is 11.0. The molecule has 0 aliphatic carbocycles. The highest BCUT2D eigenvalue weighted by Crippen LogP contribution is 2.25. The van der Waals surface area contributed by atoms with E-state index >= 15 is 0 Å². The summed E-state index contributed by atoms with van der Waals surface area (Å²) in [5.74, 6) is -1.08. The molecule has 0 bridgehead atoms. The van der Waals surface area contributed by atoms with E-state index in [1.54, 1.807) is 37.3 Å². The number of hydrogen-bond donors (Lipinski definition) is 1. The lowest BCUT2D eigenvalue weighted by atomic mass is 10.2. The van der Waals surface area contributed by atoms with E-state index in [9.17, 15) is 18.0 Å². The van der Waals surface area contributed by atoms with Crippen LogP contribution in [0.15, 0.2) is 59.5 Å². The van der Waals surface area contributed by atoms with Crippen LogP contribution in [-0.4, -0.2) is 39.4 Å². The molecule has 1 amide bonds. The number of rotatable bonds is 6. The molecule has 0 unspecified atom stereocenters. The predicted octanol–water partition coefficient (Wildman–Crippen LogP) is 3.32. The quantitative estimate of drug-likeness (QED) is 0.584. The zero-order valence-electron chi connectivity index (χ0n) is 16.4. The van der Waals surface area contributed by atoms with Crippen LogP contribution < -0.4 is 9.62 Å². The number of aromatic nitrogens is 1. The number of carbonyl (C=O) groups excluding carboxylic acids is 2. The van der Waals surface area contributed by atoms with Gasteiger partial charge in [0.25, 0.3) is 15.9 Å². The minimum Gasteiger partial charge on any atom is -0.465 e. The third-order valence-electron chi connectivity index (χ3n) is 4.26. The van der Waals surface area contributed by atoms with Gasteiger partial charge in [0.1, 0.15) is 4.88 Å². The van der Waals surface area contributed by atoms with Crippen LogP contribution in [0.4, 0.5) is 10.8 Å². The van der Waals surface area contributed by atoms with Crippen molar-refractivity contribution in [3.8, 4) is 0 Å². The number of amides is 1. The molecule has 3 aromatic rings. The van der Waals surface area contributed by atoms with Gasteiger partial charge in [0, 0.05) is 12.6 Å². The van der Waals surface area contributed by atoms with Crippen molar-refractivity contribution in [2.75, 3.05) is 23.8 Å². The van der Waals surface area contributed by atoms with E-state index in [2.05, 4.69) is 15.0 Å². The predicted molar refractivity (Wildman–Crippen MR) is 115 cm³/mol. The fourth-order valence-corrected chi connectivity index (χ4v) is 4.76. The Hall–Kier alpha value is -3.24. The molecule has 30 heavy (non-hydrogen) atoms. The largest absolute Gasteiger partial charge is 0.465 e. The van der Waals surface area contributed by atoms with Crippen LogP contribution in [0.2, 0.25) is 0 Å². The smallest absolute Gasteiger partial charge is 0.350 e. The minimum atomic E-state index is -3.86. The number of nitrogens with zero attached hydrogens (tertiary/aromatic N) is 2. The summed E-state index contributed by atoms with van der Waals surface area (Å²) in [6.07, 6.45) is 0. The van der Waals surface area contributed by atoms with Gasteiger partial charge in [0.05, 0.1) is 23.4 Å². The molecular formula is C20H19N3O5S2. The molecule has 0 aliphatic rings. The van der Waals surface area contributed by atoms with Gasteiger partial charge in [-0.15, -0.1) is 0 Å². The molecule has 1 N–H and O–H groups in total. The van der Waals surface area contributed by atoms with Gasteiger partial charge in [-0.1, -0.05) is 35.6 Å². The number of methoxy groups -OCH3 is 1. The van der Waals surface area contributed by atoms with Crippen LogP contribution in [-0.2, 0) is 14.8 Å². The lowest BCUT2D eigenvalue weighted by Gasteiger charge is -2.19. The standard InChI is InChI=1S/C20H19N3O5S2/c1-13-17(19(25)28-3)29-20(21-13)22-18(24)14-8-7-11-16(12-14)30(26,27)23(2)15-9-5-4-6-10-15/h4-12H,1-3H3,(H,21,22,24). The van der Waals surface area contributed by atoms with Crippen LogP contribution in [0.5, 0.6) is 0 Å². The summed E-state index contributed by atoms with van der Waals surface area (Å²) < 4.78 is 31.7. The molecular weight excluding hydrogens is 426 g/mol. The van der Waals surface area contributed by atoms with Crippen LogP contribution in [0.25, 0.3) is 0 Å². The third kappa shape index (κ3) is 4.34. The van der Waals surface area contributed by atoms with Crippen LogP contribution >= 0.6 is 11.3 Å². The fourth-order valence-electron chi connectivity index (χ4n) is 2.63. The molecule has 3 rings (SSSR count). The number of esters is 1. The van der Waals surface area contributed by atoms with E-state index in [0.717, 1.165) is 15.6 Å². The number of benzene rings is 2. The van der Waals surface area contributed by atoms with Gasteiger partial charge in [-0.05, 0) is 37.3 Å². The Morgan fingerprint density at radius 2 is 1.80 bits per heavy atom. The number of ether oxygens (including phenoxy) is 1. The molecule has 156 valence electrons. The van der Waals surface area contributed by atoms with E-state index in [0.29, 0.717) is 11.4 Å². The first-order valence-corrected chi connectivity index (χ1v) is 11.0. The molecule has 0 spiro atoms. The maximum atomic E-state index is 13.0. The molecule has 2 aromatic carbocycles. The molecule has 10 heteroatoms. The highest BCUT2D eigenvalue weighted by molar-refractivity contribution is 7.92. The Balaban J connectivity index is 1.85. The number of hydrogen-bond acceptors (Lipinski definition) is 7. The van der Waals surface area contributed by atoms with Crippen LogP contribution in [0.3, 0.4) is 0 Å². The molecule has 0 fully saturated rings. The van der Waals surface area contributed by atoms with Crippen molar-refractivity contribution >= 4 is 44.1 Å². The summed E-state index contributed by atoms with van der Waals surface area (Å²) in [5.41, 5.74) is 1.08. The number of thiazole rings is 1. The van der Waals surface area contributed by atoms with E-state index in [4.69, 9.17) is 0 Å². The summed E-state index contributed by atoms with van der Waals surface area (Å²) in [7, 11) is -1.15. The monoisotopic (exact) mass is 445 g/mol. The van der Waals surface area contributed by atoms with Crippen molar-refractivity contribution in [2.24, 2.45) is 0 Å². The number of sulfonamides is 1. The Labute approximate surface area is 178 Å².